The number of thiophene rings is 1. The highest BCUT2D eigenvalue weighted by Crippen LogP contribution is 2.29. The molecular formula is C14H21N3OS. The Kier molecular flexibility index (Phi) is 4.99. The highest BCUT2D eigenvalue weighted by molar-refractivity contribution is 7.10. The summed E-state index contributed by atoms with van der Waals surface area (Å²) in [7, 11) is 1.71. The molecule has 0 aromatic carbocycles. The fourth-order valence-corrected chi connectivity index (χ4v) is 3.07. The van der Waals surface area contributed by atoms with Crippen molar-refractivity contribution in [2.24, 2.45) is 0 Å². The van der Waals surface area contributed by atoms with Crippen LogP contribution in [-0.2, 0) is 4.74 Å². The number of nitrogens with one attached hydrogen (secondary N) is 1. The molecule has 0 amide bonds. The first-order valence-electron chi connectivity index (χ1n) is 6.58. The Labute approximate surface area is 118 Å². The van der Waals surface area contributed by atoms with Crippen molar-refractivity contribution in [3.8, 4) is 0 Å². The Morgan fingerprint density at radius 1 is 1.53 bits per heavy atom. The van der Waals surface area contributed by atoms with Gasteiger partial charge in [-0.3, -0.25) is 0 Å². The van der Waals surface area contributed by atoms with E-state index in [9.17, 15) is 0 Å². The summed E-state index contributed by atoms with van der Waals surface area (Å²) < 4.78 is 7.30. The summed E-state index contributed by atoms with van der Waals surface area (Å²) in [5.74, 6) is 0.926. The Hall–Kier alpha value is -1.33. The highest BCUT2D eigenvalue weighted by atomic mass is 32.1. The van der Waals surface area contributed by atoms with Crippen molar-refractivity contribution in [2.75, 3.05) is 25.6 Å². The summed E-state index contributed by atoms with van der Waals surface area (Å²) in [5, 5.41) is 5.47. The van der Waals surface area contributed by atoms with Crippen LogP contribution in [0.25, 0.3) is 0 Å². The molecule has 0 aliphatic heterocycles. The topological polar surface area (TPSA) is 39.1 Å². The number of anilines is 1. The Balaban J connectivity index is 2.22. The Morgan fingerprint density at radius 3 is 3.00 bits per heavy atom. The molecule has 2 heterocycles. The van der Waals surface area contributed by atoms with Crippen LogP contribution >= 0.6 is 11.3 Å². The second-order valence-corrected chi connectivity index (χ2v) is 5.45. The van der Waals surface area contributed by atoms with Crippen molar-refractivity contribution in [3.05, 3.63) is 34.3 Å². The van der Waals surface area contributed by atoms with Crippen LogP contribution in [0.2, 0.25) is 0 Å². The number of ether oxygens (including phenoxy) is 1. The zero-order chi connectivity index (χ0) is 13.7. The molecule has 0 bridgehead atoms. The highest BCUT2D eigenvalue weighted by Gasteiger charge is 2.17. The van der Waals surface area contributed by atoms with Gasteiger partial charge in [0.1, 0.15) is 0 Å². The van der Waals surface area contributed by atoms with Gasteiger partial charge in [-0.25, -0.2) is 4.98 Å². The van der Waals surface area contributed by atoms with Crippen molar-refractivity contribution in [1.82, 2.24) is 9.55 Å². The van der Waals surface area contributed by atoms with Crippen LogP contribution in [0.1, 0.15) is 30.0 Å². The minimum Gasteiger partial charge on any atom is -0.383 e. The SMILES string of the molecule is CCC(c1cccs1)n1cc(C)nc1NCCOC. The van der Waals surface area contributed by atoms with Gasteiger partial charge in [0.15, 0.2) is 0 Å². The van der Waals surface area contributed by atoms with Crippen molar-refractivity contribution >= 4 is 17.3 Å². The maximum atomic E-state index is 5.07. The van der Waals surface area contributed by atoms with Crippen LogP contribution in [0.3, 0.4) is 0 Å². The van der Waals surface area contributed by atoms with Gasteiger partial charge >= 0.3 is 0 Å². The number of hydrogen-bond acceptors (Lipinski definition) is 4. The summed E-state index contributed by atoms with van der Waals surface area (Å²) in [6.45, 7) is 5.69. The van der Waals surface area contributed by atoms with E-state index in [0.717, 1.165) is 24.6 Å². The van der Waals surface area contributed by atoms with Gasteiger partial charge in [0, 0.05) is 24.7 Å². The zero-order valence-corrected chi connectivity index (χ0v) is 12.5. The van der Waals surface area contributed by atoms with Crippen LogP contribution in [0.15, 0.2) is 23.7 Å². The van der Waals surface area contributed by atoms with Gasteiger partial charge in [-0.05, 0) is 24.8 Å². The first-order valence-corrected chi connectivity index (χ1v) is 7.46. The lowest BCUT2D eigenvalue weighted by Gasteiger charge is -2.18. The van der Waals surface area contributed by atoms with Gasteiger partial charge < -0.3 is 14.6 Å². The number of imidazole rings is 1. The lowest BCUT2D eigenvalue weighted by molar-refractivity contribution is 0.210. The van der Waals surface area contributed by atoms with Crippen molar-refractivity contribution in [3.63, 3.8) is 0 Å². The van der Waals surface area contributed by atoms with Gasteiger partial charge in [-0.2, -0.15) is 0 Å². The molecule has 2 aromatic heterocycles. The summed E-state index contributed by atoms with van der Waals surface area (Å²) in [6, 6.07) is 4.64. The molecule has 5 heteroatoms. The summed E-state index contributed by atoms with van der Waals surface area (Å²) in [6.07, 6.45) is 3.16. The van der Waals surface area contributed by atoms with E-state index in [0.29, 0.717) is 12.6 Å². The predicted octanol–water partition coefficient (Wildman–Crippen LogP) is 3.31. The molecular weight excluding hydrogens is 258 g/mol. The maximum absolute atomic E-state index is 5.07. The van der Waals surface area contributed by atoms with Gasteiger partial charge in [-0.15, -0.1) is 11.3 Å². The first kappa shape index (κ1) is 14.1. The van der Waals surface area contributed by atoms with E-state index in [4.69, 9.17) is 4.74 Å². The number of aryl methyl sites for hydroxylation is 1. The summed E-state index contributed by atoms with van der Waals surface area (Å²) in [4.78, 5) is 5.93. The van der Waals surface area contributed by atoms with E-state index >= 15 is 0 Å². The quantitative estimate of drug-likeness (QED) is 0.790. The summed E-state index contributed by atoms with van der Waals surface area (Å²) >= 11 is 1.80. The molecule has 0 saturated carbocycles. The first-order chi connectivity index (χ1) is 9.26. The third-order valence-corrected chi connectivity index (χ3v) is 4.01. The van der Waals surface area contributed by atoms with E-state index in [1.54, 1.807) is 18.4 Å². The van der Waals surface area contributed by atoms with Gasteiger partial charge in [0.25, 0.3) is 0 Å². The van der Waals surface area contributed by atoms with E-state index in [-0.39, 0.29) is 0 Å². The van der Waals surface area contributed by atoms with Gasteiger partial charge in [0.05, 0.1) is 18.3 Å². The average Bonchev–Trinajstić information content (AvgIpc) is 3.02. The molecule has 2 rings (SSSR count). The van der Waals surface area contributed by atoms with Crippen LogP contribution in [-0.4, -0.2) is 29.8 Å². The monoisotopic (exact) mass is 279 g/mol. The summed E-state index contributed by atoms with van der Waals surface area (Å²) in [5.41, 5.74) is 1.04. The van der Waals surface area contributed by atoms with Crippen molar-refractivity contribution in [1.29, 1.82) is 0 Å². The molecule has 19 heavy (non-hydrogen) atoms. The molecule has 0 spiro atoms. The molecule has 0 radical (unpaired) electrons. The van der Waals surface area contributed by atoms with E-state index in [2.05, 4.69) is 45.5 Å². The fraction of sp³-hybridized carbons (Fsp3) is 0.500. The van der Waals surface area contributed by atoms with Crippen LogP contribution in [0.5, 0.6) is 0 Å². The largest absolute Gasteiger partial charge is 0.383 e. The van der Waals surface area contributed by atoms with Gasteiger partial charge in [0.2, 0.25) is 5.95 Å². The lowest BCUT2D eigenvalue weighted by Crippen LogP contribution is -2.15. The lowest BCUT2D eigenvalue weighted by atomic mass is 10.2. The minimum atomic E-state index is 0.353. The van der Waals surface area contributed by atoms with Crippen LogP contribution in [0.4, 0.5) is 5.95 Å². The third-order valence-electron chi connectivity index (χ3n) is 3.04. The van der Waals surface area contributed by atoms with Crippen LogP contribution in [0, 0.1) is 6.92 Å². The Morgan fingerprint density at radius 2 is 2.37 bits per heavy atom. The second-order valence-electron chi connectivity index (χ2n) is 4.47. The minimum absolute atomic E-state index is 0.353. The van der Waals surface area contributed by atoms with E-state index < -0.39 is 0 Å². The number of aromatic nitrogens is 2. The van der Waals surface area contributed by atoms with E-state index in [1.165, 1.54) is 4.88 Å². The fourth-order valence-electron chi connectivity index (χ4n) is 2.17. The molecule has 4 nitrogen and oxygen atoms in total. The predicted molar refractivity (Wildman–Crippen MR) is 80.1 cm³/mol. The van der Waals surface area contributed by atoms with E-state index in [1.807, 2.05) is 6.92 Å². The van der Waals surface area contributed by atoms with Gasteiger partial charge in [-0.1, -0.05) is 13.0 Å². The number of nitrogens with zero attached hydrogens (tertiary/aromatic N) is 2. The molecule has 2 aromatic rings. The molecule has 0 aliphatic rings. The molecule has 0 aliphatic carbocycles. The zero-order valence-electron chi connectivity index (χ0n) is 11.7. The molecule has 0 saturated heterocycles. The van der Waals surface area contributed by atoms with Crippen LogP contribution < -0.4 is 5.32 Å². The standard InChI is InChI=1S/C14H21N3OS/c1-4-12(13-6-5-9-19-13)17-10-11(2)16-14(17)15-7-8-18-3/h5-6,9-10,12H,4,7-8H2,1-3H3,(H,15,16). The molecule has 104 valence electrons. The average molecular weight is 279 g/mol. The third kappa shape index (κ3) is 3.36. The normalized spacial score (nSPS) is 12.6. The number of hydrogen-bond donors (Lipinski definition) is 1. The smallest absolute Gasteiger partial charge is 0.203 e. The van der Waals surface area contributed by atoms with Crippen molar-refractivity contribution < 1.29 is 4.74 Å². The molecule has 1 N–H and O–H groups in total. The molecule has 1 atom stereocenters. The number of methoxy groups -OCH3 is 1. The van der Waals surface area contributed by atoms with Crippen molar-refractivity contribution in [2.45, 2.75) is 26.3 Å². The molecule has 1 unspecified atom stereocenters. The Bertz CT molecular complexity index is 493. The molecule has 0 fully saturated rings. The number of rotatable bonds is 7. The second kappa shape index (κ2) is 6.73. The maximum Gasteiger partial charge on any atom is 0.203 e.